The minimum atomic E-state index is 0.0211. The molecule has 1 fully saturated rings. The predicted octanol–water partition coefficient (Wildman–Crippen LogP) is 3.92. The SMILES string of the molecule is Cn1cc(-c2cc(NC3CCC(c4ccccc4)CC3)c(=O)n(C)c2)cn1. The summed E-state index contributed by atoms with van der Waals surface area (Å²) >= 11 is 0. The lowest BCUT2D eigenvalue weighted by Crippen LogP contribution is -2.30. The minimum Gasteiger partial charge on any atom is -0.378 e. The van der Waals surface area contributed by atoms with Gasteiger partial charge in [0.2, 0.25) is 0 Å². The molecule has 27 heavy (non-hydrogen) atoms. The predicted molar refractivity (Wildman–Crippen MR) is 109 cm³/mol. The molecule has 1 aliphatic rings. The highest BCUT2D eigenvalue weighted by molar-refractivity contribution is 5.65. The van der Waals surface area contributed by atoms with Gasteiger partial charge in [-0.1, -0.05) is 30.3 Å². The molecule has 0 radical (unpaired) electrons. The van der Waals surface area contributed by atoms with Gasteiger partial charge in [-0.15, -0.1) is 0 Å². The minimum absolute atomic E-state index is 0.0211. The molecule has 1 aliphatic carbocycles. The van der Waals surface area contributed by atoms with Gasteiger partial charge in [-0.05, 0) is 43.2 Å². The number of hydrogen-bond donors (Lipinski definition) is 1. The van der Waals surface area contributed by atoms with Crippen LogP contribution in [0.4, 0.5) is 5.69 Å². The van der Waals surface area contributed by atoms with Crippen LogP contribution in [-0.2, 0) is 14.1 Å². The van der Waals surface area contributed by atoms with Gasteiger partial charge < -0.3 is 9.88 Å². The van der Waals surface area contributed by atoms with Crippen LogP contribution in [0.2, 0.25) is 0 Å². The molecule has 0 unspecified atom stereocenters. The number of hydrogen-bond acceptors (Lipinski definition) is 3. The summed E-state index contributed by atoms with van der Waals surface area (Å²) in [6.45, 7) is 0. The van der Waals surface area contributed by atoms with E-state index in [0.29, 0.717) is 17.6 Å². The van der Waals surface area contributed by atoms with E-state index in [1.807, 2.05) is 31.7 Å². The molecule has 4 rings (SSSR count). The molecule has 5 nitrogen and oxygen atoms in total. The quantitative estimate of drug-likeness (QED) is 0.765. The summed E-state index contributed by atoms with van der Waals surface area (Å²) in [6, 6.07) is 13.1. The Bertz CT molecular complexity index is 965. The topological polar surface area (TPSA) is 51.9 Å². The lowest BCUT2D eigenvalue weighted by Gasteiger charge is -2.30. The third-order valence-electron chi connectivity index (χ3n) is 5.58. The molecule has 0 spiro atoms. The number of aromatic nitrogens is 3. The van der Waals surface area contributed by atoms with Gasteiger partial charge in [-0.2, -0.15) is 5.10 Å². The Morgan fingerprint density at radius 3 is 2.41 bits per heavy atom. The smallest absolute Gasteiger partial charge is 0.273 e. The molecule has 3 aromatic rings. The van der Waals surface area contributed by atoms with Crippen molar-refractivity contribution in [2.45, 2.75) is 37.6 Å². The van der Waals surface area contributed by atoms with Crippen LogP contribution in [0, 0.1) is 0 Å². The van der Waals surface area contributed by atoms with Crippen LogP contribution in [0.3, 0.4) is 0 Å². The second kappa shape index (κ2) is 7.43. The third-order valence-corrected chi connectivity index (χ3v) is 5.58. The van der Waals surface area contributed by atoms with Gasteiger partial charge in [-0.25, -0.2) is 0 Å². The Morgan fingerprint density at radius 1 is 1.00 bits per heavy atom. The van der Waals surface area contributed by atoms with Crippen molar-refractivity contribution in [1.82, 2.24) is 14.3 Å². The molecule has 0 amide bonds. The Morgan fingerprint density at radius 2 is 1.74 bits per heavy atom. The van der Waals surface area contributed by atoms with Crippen LogP contribution < -0.4 is 10.9 Å². The number of rotatable bonds is 4. The zero-order chi connectivity index (χ0) is 18.8. The fourth-order valence-corrected chi connectivity index (χ4v) is 4.06. The Balaban J connectivity index is 1.48. The Hall–Kier alpha value is -2.82. The normalized spacial score (nSPS) is 19.8. The first-order valence-electron chi connectivity index (χ1n) is 9.61. The molecule has 0 aliphatic heterocycles. The zero-order valence-electron chi connectivity index (χ0n) is 15.9. The molecule has 5 heteroatoms. The first-order valence-corrected chi connectivity index (χ1v) is 9.61. The molecule has 140 valence electrons. The van der Waals surface area contributed by atoms with Crippen molar-refractivity contribution in [2.75, 3.05) is 5.32 Å². The van der Waals surface area contributed by atoms with E-state index in [4.69, 9.17) is 0 Å². The maximum atomic E-state index is 12.6. The molecule has 2 heterocycles. The summed E-state index contributed by atoms with van der Waals surface area (Å²) in [5.41, 5.74) is 4.16. The van der Waals surface area contributed by atoms with E-state index >= 15 is 0 Å². The standard InChI is InChI=1S/C22H26N4O/c1-25-14-18(19-13-23-26(2)15-19)12-21(22(25)27)24-20-10-8-17(9-11-20)16-6-4-3-5-7-16/h3-7,12-15,17,20,24H,8-11H2,1-2H3. The van der Waals surface area contributed by atoms with E-state index < -0.39 is 0 Å². The number of benzene rings is 1. The lowest BCUT2D eigenvalue weighted by molar-refractivity contribution is 0.412. The van der Waals surface area contributed by atoms with Crippen molar-refractivity contribution in [1.29, 1.82) is 0 Å². The highest BCUT2D eigenvalue weighted by Crippen LogP contribution is 2.33. The Kier molecular flexibility index (Phi) is 4.84. The van der Waals surface area contributed by atoms with Gasteiger partial charge in [0.1, 0.15) is 5.69 Å². The van der Waals surface area contributed by atoms with Crippen molar-refractivity contribution in [3.05, 3.63) is 70.9 Å². The molecular weight excluding hydrogens is 336 g/mol. The molecule has 1 aromatic carbocycles. The van der Waals surface area contributed by atoms with Crippen molar-refractivity contribution in [3.63, 3.8) is 0 Å². The summed E-state index contributed by atoms with van der Waals surface area (Å²) < 4.78 is 3.43. The number of pyridine rings is 1. The van der Waals surface area contributed by atoms with Gasteiger partial charge in [0.25, 0.3) is 5.56 Å². The summed E-state index contributed by atoms with van der Waals surface area (Å²) in [4.78, 5) is 12.6. The molecule has 0 saturated heterocycles. The van der Waals surface area contributed by atoms with Gasteiger partial charge in [0, 0.05) is 43.7 Å². The van der Waals surface area contributed by atoms with Gasteiger partial charge in [-0.3, -0.25) is 9.48 Å². The third kappa shape index (κ3) is 3.82. The van der Waals surface area contributed by atoms with Crippen LogP contribution in [-0.4, -0.2) is 20.4 Å². The molecular formula is C22H26N4O. The lowest BCUT2D eigenvalue weighted by atomic mass is 9.82. The van der Waals surface area contributed by atoms with Gasteiger partial charge in [0.15, 0.2) is 0 Å². The van der Waals surface area contributed by atoms with E-state index in [2.05, 4.69) is 40.7 Å². The number of nitrogens with zero attached hydrogens (tertiary/aromatic N) is 3. The van der Waals surface area contributed by atoms with Crippen molar-refractivity contribution < 1.29 is 0 Å². The van der Waals surface area contributed by atoms with Gasteiger partial charge in [0.05, 0.1) is 6.20 Å². The van der Waals surface area contributed by atoms with Crippen LogP contribution in [0.25, 0.3) is 11.1 Å². The fraction of sp³-hybridized carbons (Fsp3) is 0.364. The van der Waals surface area contributed by atoms with E-state index in [1.165, 1.54) is 5.56 Å². The van der Waals surface area contributed by atoms with Crippen LogP contribution >= 0.6 is 0 Å². The van der Waals surface area contributed by atoms with Crippen LogP contribution in [0.15, 0.2) is 59.8 Å². The van der Waals surface area contributed by atoms with E-state index in [1.54, 1.807) is 16.3 Å². The number of nitrogens with one attached hydrogen (secondary N) is 1. The summed E-state index contributed by atoms with van der Waals surface area (Å²) in [7, 11) is 3.70. The second-order valence-electron chi connectivity index (χ2n) is 7.56. The largest absolute Gasteiger partial charge is 0.378 e. The van der Waals surface area contributed by atoms with E-state index in [0.717, 1.165) is 36.8 Å². The molecule has 0 bridgehead atoms. The molecule has 2 aromatic heterocycles. The maximum absolute atomic E-state index is 12.6. The number of aryl methyl sites for hydroxylation is 2. The maximum Gasteiger partial charge on any atom is 0.273 e. The zero-order valence-corrected chi connectivity index (χ0v) is 15.9. The van der Waals surface area contributed by atoms with E-state index in [-0.39, 0.29) is 5.56 Å². The van der Waals surface area contributed by atoms with Crippen molar-refractivity contribution in [2.24, 2.45) is 14.1 Å². The highest BCUT2D eigenvalue weighted by atomic mass is 16.1. The average Bonchev–Trinajstić information content (AvgIpc) is 3.13. The fourth-order valence-electron chi connectivity index (χ4n) is 4.06. The average molecular weight is 362 g/mol. The first kappa shape index (κ1) is 17.6. The summed E-state index contributed by atoms with van der Waals surface area (Å²) in [5.74, 6) is 0.633. The van der Waals surface area contributed by atoms with Crippen molar-refractivity contribution in [3.8, 4) is 11.1 Å². The van der Waals surface area contributed by atoms with E-state index in [9.17, 15) is 4.79 Å². The summed E-state index contributed by atoms with van der Waals surface area (Å²) in [6.07, 6.45) is 10.1. The Labute approximate surface area is 159 Å². The molecule has 0 atom stereocenters. The van der Waals surface area contributed by atoms with Crippen LogP contribution in [0.1, 0.15) is 37.2 Å². The second-order valence-corrected chi connectivity index (χ2v) is 7.56. The van der Waals surface area contributed by atoms with Crippen molar-refractivity contribution >= 4 is 5.69 Å². The summed E-state index contributed by atoms with van der Waals surface area (Å²) in [5, 5.41) is 7.75. The monoisotopic (exact) mass is 362 g/mol. The van der Waals surface area contributed by atoms with Crippen LogP contribution in [0.5, 0.6) is 0 Å². The highest BCUT2D eigenvalue weighted by Gasteiger charge is 2.23. The first-order chi connectivity index (χ1) is 13.1. The van der Waals surface area contributed by atoms with Gasteiger partial charge >= 0.3 is 0 Å². The molecule has 1 saturated carbocycles. The molecule has 1 N–H and O–H groups in total. The number of anilines is 1.